The lowest BCUT2D eigenvalue weighted by molar-refractivity contribution is 0.0950. The molecule has 0 aliphatic carbocycles. The topological polar surface area (TPSA) is 102 Å². The Morgan fingerprint density at radius 3 is 2.81 bits per heavy atom. The van der Waals surface area contributed by atoms with E-state index in [1.165, 1.54) is 0 Å². The fourth-order valence-corrected chi connectivity index (χ4v) is 1.79. The normalized spacial score (nSPS) is 10.0. The summed E-state index contributed by atoms with van der Waals surface area (Å²) in [6, 6.07) is 6.88. The smallest absolute Gasteiger partial charge is 0.251 e. The van der Waals surface area contributed by atoms with E-state index in [-0.39, 0.29) is 5.91 Å². The van der Waals surface area contributed by atoms with E-state index in [2.05, 4.69) is 20.7 Å². The van der Waals surface area contributed by atoms with Gasteiger partial charge in [0.25, 0.3) is 5.91 Å². The number of methoxy groups -OCH3 is 1. The highest BCUT2D eigenvalue weighted by atomic mass is 16.5. The average Bonchev–Trinajstić information content (AvgIpc) is 2.52. The fourth-order valence-electron chi connectivity index (χ4n) is 1.79. The van der Waals surface area contributed by atoms with Crippen LogP contribution in [0.5, 0.6) is 5.88 Å². The number of nitrogens with one attached hydrogen (secondary N) is 2. The Labute approximate surface area is 122 Å². The summed E-state index contributed by atoms with van der Waals surface area (Å²) >= 11 is 0. The van der Waals surface area contributed by atoms with Gasteiger partial charge in [-0.05, 0) is 24.6 Å². The van der Waals surface area contributed by atoms with Crippen molar-refractivity contribution in [2.45, 2.75) is 13.5 Å². The van der Waals surface area contributed by atoms with E-state index in [1.54, 1.807) is 38.4 Å². The first-order valence-corrected chi connectivity index (χ1v) is 6.35. The van der Waals surface area contributed by atoms with E-state index in [0.717, 1.165) is 5.56 Å². The molecular formula is C14H17N5O2. The first kappa shape index (κ1) is 14.7. The van der Waals surface area contributed by atoms with Gasteiger partial charge in [-0.2, -0.15) is 0 Å². The third kappa shape index (κ3) is 3.90. The number of aryl methyl sites for hydroxylation is 1. The van der Waals surface area contributed by atoms with E-state index in [0.29, 0.717) is 29.5 Å². The van der Waals surface area contributed by atoms with Gasteiger partial charge in [-0.1, -0.05) is 6.07 Å². The second-order valence-corrected chi connectivity index (χ2v) is 4.42. The summed E-state index contributed by atoms with van der Waals surface area (Å²) in [6.45, 7) is 2.17. The molecule has 2 aromatic rings. The summed E-state index contributed by atoms with van der Waals surface area (Å²) in [5, 5.41) is 2.82. The molecule has 0 bridgehead atoms. The number of hydrogen-bond donors (Lipinski definition) is 3. The van der Waals surface area contributed by atoms with Crippen LogP contribution in [0.15, 0.2) is 30.5 Å². The van der Waals surface area contributed by atoms with Crippen LogP contribution in [0.1, 0.15) is 21.6 Å². The molecule has 0 aromatic carbocycles. The maximum absolute atomic E-state index is 12.1. The van der Waals surface area contributed by atoms with E-state index in [1.807, 2.05) is 6.07 Å². The number of amides is 1. The highest BCUT2D eigenvalue weighted by Crippen LogP contribution is 2.10. The molecule has 0 radical (unpaired) electrons. The third-order valence-corrected chi connectivity index (χ3v) is 2.82. The number of hydrazine groups is 1. The second kappa shape index (κ2) is 6.67. The van der Waals surface area contributed by atoms with Gasteiger partial charge in [-0.15, -0.1) is 0 Å². The molecule has 7 nitrogen and oxygen atoms in total. The molecule has 110 valence electrons. The molecule has 2 rings (SSSR count). The number of nitrogens with two attached hydrogens (primary N) is 1. The molecule has 0 spiro atoms. The molecule has 2 heterocycles. The first-order valence-electron chi connectivity index (χ1n) is 6.35. The van der Waals surface area contributed by atoms with Crippen molar-refractivity contribution in [1.29, 1.82) is 0 Å². The number of carbonyl (C=O) groups is 1. The largest absolute Gasteiger partial charge is 0.481 e. The van der Waals surface area contributed by atoms with Gasteiger partial charge in [0.2, 0.25) is 5.88 Å². The van der Waals surface area contributed by atoms with Crippen LogP contribution >= 0.6 is 0 Å². The maximum Gasteiger partial charge on any atom is 0.251 e. The van der Waals surface area contributed by atoms with Gasteiger partial charge in [-0.25, -0.2) is 15.8 Å². The Bertz CT molecular complexity index is 628. The van der Waals surface area contributed by atoms with Crippen LogP contribution in [0.25, 0.3) is 0 Å². The Morgan fingerprint density at radius 2 is 2.19 bits per heavy atom. The maximum atomic E-state index is 12.1. The van der Waals surface area contributed by atoms with Crippen molar-refractivity contribution in [3.8, 4) is 5.88 Å². The summed E-state index contributed by atoms with van der Waals surface area (Å²) in [7, 11) is 1.55. The number of pyridine rings is 2. The number of rotatable bonds is 5. The average molecular weight is 287 g/mol. The Kier molecular flexibility index (Phi) is 4.68. The zero-order valence-electron chi connectivity index (χ0n) is 11.9. The SMILES string of the molecule is COc1ccc(CNC(=O)c2cc(C)nc(NN)c2)cn1. The number of aromatic nitrogens is 2. The molecule has 0 saturated carbocycles. The molecule has 0 unspecified atom stereocenters. The molecule has 0 fully saturated rings. The highest BCUT2D eigenvalue weighted by molar-refractivity contribution is 5.94. The Morgan fingerprint density at radius 1 is 1.38 bits per heavy atom. The van der Waals surface area contributed by atoms with E-state index in [4.69, 9.17) is 10.6 Å². The minimum atomic E-state index is -0.201. The van der Waals surface area contributed by atoms with Crippen molar-refractivity contribution in [1.82, 2.24) is 15.3 Å². The predicted octanol–water partition coefficient (Wildman–Crippen LogP) is 1.01. The van der Waals surface area contributed by atoms with Crippen LogP contribution in [-0.2, 0) is 6.54 Å². The van der Waals surface area contributed by atoms with Crippen molar-refractivity contribution in [2.75, 3.05) is 12.5 Å². The van der Waals surface area contributed by atoms with Gasteiger partial charge < -0.3 is 15.5 Å². The van der Waals surface area contributed by atoms with Crippen LogP contribution in [0.2, 0.25) is 0 Å². The van der Waals surface area contributed by atoms with Gasteiger partial charge in [0.1, 0.15) is 5.82 Å². The van der Waals surface area contributed by atoms with Gasteiger partial charge >= 0.3 is 0 Å². The lowest BCUT2D eigenvalue weighted by atomic mass is 10.2. The van der Waals surface area contributed by atoms with Crippen LogP contribution in [0, 0.1) is 6.92 Å². The van der Waals surface area contributed by atoms with E-state index in [9.17, 15) is 4.79 Å². The Balaban J connectivity index is 2.02. The van der Waals surface area contributed by atoms with Gasteiger partial charge in [-0.3, -0.25) is 4.79 Å². The van der Waals surface area contributed by atoms with E-state index >= 15 is 0 Å². The molecule has 4 N–H and O–H groups in total. The quantitative estimate of drug-likeness (QED) is 0.560. The van der Waals surface area contributed by atoms with Crippen LogP contribution in [-0.4, -0.2) is 23.0 Å². The fraction of sp³-hybridized carbons (Fsp3) is 0.214. The summed E-state index contributed by atoms with van der Waals surface area (Å²) in [6.07, 6.45) is 1.66. The number of nitrogens with zero attached hydrogens (tertiary/aromatic N) is 2. The highest BCUT2D eigenvalue weighted by Gasteiger charge is 2.08. The molecule has 21 heavy (non-hydrogen) atoms. The number of anilines is 1. The lowest BCUT2D eigenvalue weighted by Crippen LogP contribution is -2.23. The molecule has 0 aliphatic heterocycles. The zero-order chi connectivity index (χ0) is 15.2. The third-order valence-electron chi connectivity index (χ3n) is 2.82. The van der Waals surface area contributed by atoms with Crippen molar-refractivity contribution >= 4 is 11.7 Å². The van der Waals surface area contributed by atoms with Crippen LogP contribution in [0.4, 0.5) is 5.82 Å². The molecular weight excluding hydrogens is 270 g/mol. The van der Waals surface area contributed by atoms with Crippen LogP contribution < -0.4 is 21.3 Å². The first-order chi connectivity index (χ1) is 10.1. The monoisotopic (exact) mass is 287 g/mol. The molecule has 0 atom stereocenters. The number of nitrogen functional groups attached to an aromatic ring is 1. The molecule has 1 amide bonds. The molecule has 0 aliphatic rings. The van der Waals surface area contributed by atoms with E-state index < -0.39 is 0 Å². The minimum Gasteiger partial charge on any atom is -0.481 e. The predicted molar refractivity (Wildman–Crippen MR) is 78.7 cm³/mol. The summed E-state index contributed by atoms with van der Waals surface area (Å²) < 4.78 is 4.98. The standard InChI is InChI=1S/C14H17N5O2/c1-9-5-11(6-12(18-9)19-15)14(20)17-8-10-3-4-13(21-2)16-7-10/h3-7H,8,15H2,1-2H3,(H,17,20)(H,18,19). The van der Waals surface area contributed by atoms with Gasteiger partial charge in [0, 0.05) is 30.1 Å². The van der Waals surface area contributed by atoms with Crippen molar-refractivity contribution < 1.29 is 9.53 Å². The molecule has 7 heteroatoms. The van der Waals surface area contributed by atoms with Gasteiger partial charge in [0.05, 0.1) is 7.11 Å². The second-order valence-electron chi connectivity index (χ2n) is 4.42. The van der Waals surface area contributed by atoms with Gasteiger partial charge in [0.15, 0.2) is 0 Å². The van der Waals surface area contributed by atoms with Crippen molar-refractivity contribution in [2.24, 2.45) is 5.84 Å². The van der Waals surface area contributed by atoms with Crippen molar-refractivity contribution in [3.63, 3.8) is 0 Å². The number of ether oxygens (including phenoxy) is 1. The zero-order valence-corrected chi connectivity index (χ0v) is 11.9. The Hall–Kier alpha value is -2.67. The lowest BCUT2D eigenvalue weighted by Gasteiger charge is -2.08. The number of hydrogen-bond acceptors (Lipinski definition) is 6. The molecule has 2 aromatic heterocycles. The summed E-state index contributed by atoms with van der Waals surface area (Å²) in [4.78, 5) is 20.3. The number of carbonyl (C=O) groups excluding carboxylic acids is 1. The van der Waals surface area contributed by atoms with Crippen molar-refractivity contribution in [3.05, 3.63) is 47.3 Å². The summed E-state index contributed by atoms with van der Waals surface area (Å²) in [5.74, 6) is 6.10. The van der Waals surface area contributed by atoms with Crippen LogP contribution in [0.3, 0.4) is 0 Å². The molecule has 0 saturated heterocycles. The summed E-state index contributed by atoms with van der Waals surface area (Å²) in [5.41, 5.74) is 4.52. The minimum absolute atomic E-state index is 0.201.